The van der Waals surface area contributed by atoms with Crippen LogP contribution in [0.3, 0.4) is 0 Å². The number of thiocarbonyl (C=S) groups is 1. The van der Waals surface area contributed by atoms with Crippen molar-refractivity contribution in [3.63, 3.8) is 0 Å². The van der Waals surface area contributed by atoms with Gasteiger partial charge in [-0.2, -0.15) is 0 Å². The Hall–Kier alpha value is 0.209. The fraction of sp³-hybridized carbons (Fsp3) is 0.667. The first-order valence-electron chi connectivity index (χ1n) is 1.73. The van der Waals surface area contributed by atoms with E-state index < -0.39 is 0 Å². The van der Waals surface area contributed by atoms with E-state index in [1.54, 1.807) is 4.90 Å². The molecule has 0 aliphatic heterocycles. The summed E-state index contributed by atoms with van der Waals surface area (Å²) >= 11 is 7.17. The van der Waals surface area contributed by atoms with Gasteiger partial charge in [0.1, 0.15) is 0 Å². The Labute approximate surface area is 56.5 Å². The Morgan fingerprint density at radius 1 is 1.71 bits per heavy atom. The number of nitrogens with zero attached hydrogens (tertiary/aromatic N) is 2. The van der Waals surface area contributed by atoms with Gasteiger partial charge in [-0.15, -0.1) is 0 Å². The van der Waals surface area contributed by atoms with Crippen LogP contribution in [-0.4, -0.2) is 39.9 Å². The molecule has 0 unspecified atom stereocenters. The van der Waals surface area contributed by atoms with Crippen molar-refractivity contribution in [1.29, 1.82) is 0 Å². The van der Waals surface area contributed by atoms with Gasteiger partial charge in [0, 0.05) is 0 Å². The third kappa shape index (κ3) is 2.85. The van der Waals surface area contributed by atoms with Crippen molar-refractivity contribution in [2.45, 2.75) is 0 Å². The average Bonchev–Trinajstić information content (AvgIpc) is 1.65. The summed E-state index contributed by atoms with van der Waals surface area (Å²) in [6.07, 6.45) is 0. The zero-order valence-corrected chi connectivity index (χ0v) is 6.74. The zero-order chi connectivity index (χ0) is 5.86. The van der Waals surface area contributed by atoms with Gasteiger partial charge in [0.2, 0.25) is 0 Å². The van der Waals surface area contributed by atoms with Gasteiger partial charge in [-0.3, -0.25) is 0 Å². The molecule has 0 bridgehead atoms. The number of hydrogen-bond acceptors (Lipinski definition) is 1. The summed E-state index contributed by atoms with van der Waals surface area (Å²) in [5.74, 6) is 0. The second-order valence-corrected chi connectivity index (χ2v) is 2.02. The van der Waals surface area contributed by atoms with Crippen molar-refractivity contribution in [1.82, 2.24) is 4.90 Å². The molecular weight excluding hydrogens is 175 g/mol. The van der Waals surface area contributed by atoms with Crippen molar-refractivity contribution in [3.05, 3.63) is 0 Å². The molecular formula is C3H6N2SSe. The van der Waals surface area contributed by atoms with E-state index >= 15 is 0 Å². The second-order valence-electron chi connectivity index (χ2n) is 1.27. The van der Waals surface area contributed by atoms with Crippen LogP contribution in [0.4, 0.5) is 0 Å². The van der Waals surface area contributed by atoms with Gasteiger partial charge >= 0.3 is 56.1 Å². The topological polar surface area (TPSA) is 15.6 Å². The summed E-state index contributed by atoms with van der Waals surface area (Å²) in [5, 5.41) is 0.583. The second kappa shape index (κ2) is 3.24. The van der Waals surface area contributed by atoms with E-state index in [0.717, 1.165) is 0 Å². The van der Waals surface area contributed by atoms with Crippen molar-refractivity contribution in [2.24, 2.45) is 3.96 Å². The quantitative estimate of drug-likeness (QED) is 0.391. The molecule has 40 valence electrons. The van der Waals surface area contributed by atoms with Crippen LogP contribution in [0, 0.1) is 0 Å². The summed E-state index contributed by atoms with van der Waals surface area (Å²) in [6.45, 7) is 0. The summed E-state index contributed by atoms with van der Waals surface area (Å²) in [7, 11) is 3.70. The van der Waals surface area contributed by atoms with Crippen molar-refractivity contribution in [2.75, 3.05) is 14.1 Å². The molecule has 0 heterocycles. The zero-order valence-electron chi connectivity index (χ0n) is 4.21. The van der Waals surface area contributed by atoms with Gasteiger partial charge < -0.3 is 0 Å². The molecule has 0 N–H and O–H groups in total. The molecule has 0 aromatic rings. The third-order valence-electron chi connectivity index (χ3n) is 0.461. The Morgan fingerprint density at radius 2 is 2.14 bits per heavy atom. The molecule has 2 nitrogen and oxygen atoms in total. The SMILES string of the molecule is CN(C)C(=S)N=[Se]. The van der Waals surface area contributed by atoms with E-state index in [4.69, 9.17) is 12.2 Å². The minimum atomic E-state index is 0.583. The number of rotatable bonds is 0. The Balaban J connectivity index is 3.56. The van der Waals surface area contributed by atoms with E-state index in [9.17, 15) is 0 Å². The molecule has 0 radical (unpaired) electrons. The maximum absolute atomic E-state index is 4.71. The van der Waals surface area contributed by atoms with Crippen molar-refractivity contribution < 1.29 is 0 Å². The molecule has 0 rings (SSSR count). The summed E-state index contributed by atoms with van der Waals surface area (Å²) in [6, 6.07) is 0. The van der Waals surface area contributed by atoms with Crippen molar-refractivity contribution in [3.8, 4) is 0 Å². The maximum atomic E-state index is 4.71. The molecule has 0 atom stereocenters. The fourth-order valence-electron chi connectivity index (χ4n) is 0.0816. The predicted octanol–water partition coefficient (Wildman–Crippen LogP) is 0.185. The van der Waals surface area contributed by atoms with Gasteiger partial charge in [-0.25, -0.2) is 0 Å². The van der Waals surface area contributed by atoms with Gasteiger partial charge in [0.15, 0.2) is 0 Å². The Bertz CT molecular complexity index is 90.9. The summed E-state index contributed by atoms with van der Waals surface area (Å²) in [4.78, 5) is 1.76. The van der Waals surface area contributed by atoms with Crippen LogP contribution in [0.5, 0.6) is 0 Å². The predicted molar refractivity (Wildman–Crippen MR) is 34.5 cm³/mol. The molecule has 0 amide bonds. The van der Waals surface area contributed by atoms with Gasteiger partial charge in [-0.1, -0.05) is 0 Å². The van der Waals surface area contributed by atoms with Crippen LogP contribution >= 0.6 is 12.2 Å². The minimum absolute atomic E-state index is 0.583. The standard InChI is InChI=1S/C3H6N2SSe/c1-5(2)3(6)4-7/h1-2H3. The molecule has 0 saturated carbocycles. The first-order valence-corrected chi connectivity index (χ1v) is 2.90. The third-order valence-corrected chi connectivity index (χ3v) is 1.54. The molecule has 0 aromatic heterocycles. The Morgan fingerprint density at radius 3 is 2.14 bits per heavy atom. The molecule has 0 saturated heterocycles. The van der Waals surface area contributed by atoms with Gasteiger partial charge in [0.05, 0.1) is 0 Å². The normalized spacial score (nSPS) is 7.71. The van der Waals surface area contributed by atoms with Crippen molar-refractivity contribution >= 4 is 33.1 Å². The molecule has 0 aliphatic rings. The molecule has 0 fully saturated rings. The first kappa shape index (κ1) is 7.21. The van der Waals surface area contributed by atoms with Crippen LogP contribution in [0.15, 0.2) is 3.96 Å². The van der Waals surface area contributed by atoms with Crippen LogP contribution in [0.1, 0.15) is 0 Å². The molecule has 0 aromatic carbocycles. The van der Waals surface area contributed by atoms with Gasteiger partial charge in [0.25, 0.3) is 0 Å². The molecule has 0 spiro atoms. The van der Waals surface area contributed by atoms with Crippen LogP contribution in [0.25, 0.3) is 0 Å². The monoisotopic (exact) mass is 182 g/mol. The summed E-state index contributed by atoms with van der Waals surface area (Å²) in [5.41, 5.74) is 0. The van der Waals surface area contributed by atoms with E-state index in [1.165, 1.54) is 0 Å². The van der Waals surface area contributed by atoms with Crippen LogP contribution < -0.4 is 0 Å². The summed E-state index contributed by atoms with van der Waals surface area (Å²) < 4.78 is 3.62. The molecule has 7 heavy (non-hydrogen) atoms. The van der Waals surface area contributed by atoms with E-state index in [0.29, 0.717) is 5.11 Å². The molecule has 4 heteroatoms. The fourth-order valence-corrected chi connectivity index (χ4v) is 0.424. The van der Waals surface area contributed by atoms with E-state index in [2.05, 4.69) is 19.8 Å². The van der Waals surface area contributed by atoms with E-state index in [-0.39, 0.29) is 0 Å². The van der Waals surface area contributed by atoms with Gasteiger partial charge in [-0.05, 0) is 0 Å². The average molecular weight is 181 g/mol. The Kier molecular flexibility index (Phi) is 3.34. The molecule has 0 aliphatic carbocycles. The van der Waals surface area contributed by atoms with Crippen LogP contribution in [-0.2, 0) is 0 Å². The van der Waals surface area contributed by atoms with Crippen LogP contribution in [0.2, 0.25) is 0 Å². The van der Waals surface area contributed by atoms with E-state index in [1.807, 2.05) is 14.1 Å². The first-order chi connectivity index (χ1) is 3.18. The number of hydrogen-bond donors (Lipinski definition) is 0.